The molecule has 2 atom stereocenters. The zero-order chi connectivity index (χ0) is 12.1. The van der Waals surface area contributed by atoms with E-state index in [-0.39, 0.29) is 12.6 Å². The Hall–Kier alpha value is -0.160. The SMILES string of the molecule is CCOC1CCCN(CC(CO)NC2CC2)C1. The molecule has 0 aromatic carbocycles. The highest BCUT2D eigenvalue weighted by Gasteiger charge is 2.27. The summed E-state index contributed by atoms with van der Waals surface area (Å²) in [5.41, 5.74) is 0. The zero-order valence-corrected chi connectivity index (χ0v) is 10.9. The van der Waals surface area contributed by atoms with Gasteiger partial charge in [-0.05, 0) is 39.2 Å². The van der Waals surface area contributed by atoms with Crippen molar-refractivity contribution in [2.75, 3.05) is 32.8 Å². The molecule has 0 amide bonds. The van der Waals surface area contributed by atoms with Crippen molar-refractivity contribution in [2.45, 2.75) is 50.8 Å². The number of rotatable bonds is 7. The van der Waals surface area contributed by atoms with Crippen LogP contribution in [0.4, 0.5) is 0 Å². The fraction of sp³-hybridized carbons (Fsp3) is 1.00. The molecule has 4 heteroatoms. The predicted molar refractivity (Wildman–Crippen MR) is 68.1 cm³/mol. The van der Waals surface area contributed by atoms with Crippen LogP contribution in [0.15, 0.2) is 0 Å². The number of hydrogen-bond acceptors (Lipinski definition) is 4. The molecule has 1 saturated heterocycles. The third-order valence-electron chi connectivity index (χ3n) is 3.61. The number of ether oxygens (including phenoxy) is 1. The van der Waals surface area contributed by atoms with Gasteiger partial charge >= 0.3 is 0 Å². The number of hydrogen-bond donors (Lipinski definition) is 2. The quantitative estimate of drug-likeness (QED) is 0.686. The Bertz CT molecular complexity index is 219. The van der Waals surface area contributed by atoms with Crippen LogP contribution in [0.1, 0.15) is 32.6 Å². The van der Waals surface area contributed by atoms with E-state index < -0.39 is 0 Å². The Labute approximate surface area is 104 Å². The number of aliphatic hydroxyl groups is 1. The maximum absolute atomic E-state index is 9.38. The lowest BCUT2D eigenvalue weighted by Crippen LogP contribution is -2.48. The first kappa shape index (κ1) is 13.3. The molecule has 1 aliphatic heterocycles. The summed E-state index contributed by atoms with van der Waals surface area (Å²) in [5, 5.41) is 12.9. The van der Waals surface area contributed by atoms with E-state index in [9.17, 15) is 5.11 Å². The molecule has 0 spiro atoms. The van der Waals surface area contributed by atoms with Gasteiger partial charge in [0.05, 0.1) is 12.7 Å². The van der Waals surface area contributed by atoms with Crippen LogP contribution in [0, 0.1) is 0 Å². The van der Waals surface area contributed by atoms with E-state index in [0.29, 0.717) is 12.1 Å². The third kappa shape index (κ3) is 4.54. The van der Waals surface area contributed by atoms with E-state index in [1.54, 1.807) is 0 Å². The van der Waals surface area contributed by atoms with E-state index in [1.807, 2.05) is 0 Å². The number of nitrogens with one attached hydrogen (secondary N) is 1. The highest BCUT2D eigenvalue weighted by atomic mass is 16.5. The van der Waals surface area contributed by atoms with E-state index in [4.69, 9.17) is 4.74 Å². The fourth-order valence-electron chi connectivity index (χ4n) is 2.61. The minimum absolute atomic E-state index is 0.239. The third-order valence-corrected chi connectivity index (χ3v) is 3.61. The molecule has 2 N–H and O–H groups in total. The smallest absolute Gasteiger partial charge is 0.0702 e. The Balaban J connectivity index is 1.71. The average Bonchev–Trinajstić information content (AvgIpc) is 3.13. The van der Waals surface area contributed by atoms with Crippen molar-refractivity contribution >= 4 is 0 Å². The number of piperidine rings is 1. The predicted octanol–water partition coefficient (Wildman–Crippen LogP) is 0.600. The molecule has 2 fully saturated rings. The molecule has 1 heterocycles. The maximum Gasteiger partial charge on any atom is 0.0702 e. The van der Waals surface area contributed by atoms with Gasteiger partial charge in [0.25, 0.3) is 0 Å². The van der Waals surface area contributed by atoms with Gasteiger partial charge < -0.3 is 15.2 Å². The molecule has 0 radical (unpaired) electrons. The largest absolute Gasteiger partial charge is 0.395 e. The zero-order valence-electron chi connectivity index (χ0n) is 10.9. The van der Waals surface area contributed by atoms with Crippen molar-refractivity contribution in [2.24, 2.45) is 0 Å². The molecule has 1 aliphatic carbocycles. The first-order chi connectivity index (χ1) is 8.31. The minimum Gasteiger partial charge on any atom is -0.395 e. The lowest BCUT2D eigenvalue weighted by atomic mass is 10.1. The second kappa shape index (κ2) is 6.69. The standard InChI is InChI=1S/C13H26N2O2/c1-2-17-13-4-3-7-15(9-13)8-12(10-16)14-11-5-6-11/h11-14,16H,2-10H2,1H3. The van der Waals surface area contributed by atoms with E-state index >= 15 is 0 Å². The van der Waals surface area contributed by atoms with Gasteiger partial charge in [-0.1, -0.05) is 0 Å². The molecule has 2 rings (SSSR count). The van der Waals surface area contributed by atoms with Crippen molar-refractivity contribution in [1.29, 1.82) is 0 Å². The Morgan fingerprint density at radius 3 is 2.88 bits per heavy atom. The van der Waals surface area contributed by atoms with Crippen molar-refractivity contribution in [3.8, 4) is 0 Å². The normalized spacial score (nSPS) is 28.2. The second-order valence-corrected chi connectivity index (χ2v) is 5.30. The van der Waals surface area contributed by atoms with Gasteiger partial charge in [0.1, 0.15) is 0 Å². The Morgan fingerprint density at radius 1 is 1.41 bits per heavy atom. The van der Waals surface area contributed by atoms with Crippen molar-refractivity contribution < 1.29 is 9.84 Å². The summed E-state index contributed by atoms with van der Waals surface area (Å²) in [6.07, 6.45) is 5.35. The minimum atomic E-state index is 0.239. The number of aliphatic hydroxyl groups excluding tert-OH is 1. The maximum atomic E-state index is 9.38. The topological polar surface area (TPSA) is 44.7 Å². The van der Waals surface area contributed by atoms with Crippen LogP contribution in [0.3, 0.4) is 0 Å². The van der Waals surface area contributed by atoms with Crippen LogP contribution in [-0.4, -0.2) is 61.0 Å². The highest BCUT2D eigenvalue weighted by molar-refractivity contribution is 4.87. The summed E-state index contributed by atoms with van der Waals surface area (Å²) in [6, 6.07) is 0.905. The molecule has 4 nitrogen and oxygen atoms in total. The van der Waals surface area contributed by atoms with Crippen LogP contribution >= 0.6 is 0 Å². The van der Waals surface area contributed by atoms with Crippen LogP contribution in [0.25, 0.3) is 0 Å². The molecule has 0 aromatic heterocycles. The Kier molecular flexibility index (Phi) is 5.22. The molecule has 17 heavy (non-hydrogen) atoms. The first-order valence-electron chi connectivity index (χ1n) is 7.02. The van der Waals surface area contributed by atoms with E-state index in [0.717, 1.165) is 26.2 Å². The Morgan fingerprint density at radius 2 is 2.24 bits per heavy atom. The van der Waals surface area contributed by atoms with Crippen molar-refractivity contribution in [1.82, 2.24) is 10.2 Å². The molecule has 2 unspecified atom stereocenters. The fourth-order valence-corrected chi connectivity index (χ4v) is 2.61. The molecule has 2 aliphatic rings. The molecular formula is C13H26N2O2. The lowest BCUT2D eigenvalue weighted by molar-refractivity contribution is 0.00165. The average molecular weight is 242 g/mol. The second-order valence-electron chi connectivity index (χ2n) is 5.30. The summed E-state index contributed by atoms with van der Waals surface area (Å²) < 4.78 is 5.70. The molecule has 100 valence electrons. The first-order valence-corrected chi connectivity index (χ1v) is 7.02. The van der Waals surface area contributed by atoms with Gasteiger partial charge in [-0.15, -0.1) is 0 Å². The monoisotopic (exact) mass is 242 g/mol. The highest BCUT2D eigenvalue weighted by Crippen LogP contribution is 2.20. The van der Waals surface area contributed by atoms with Gasteiger partial charge in [-0.25, -0.2) is 0 Å². The molecular weight excluding hydrogens is 216 g/mol. The molecule has 0 aromatic rings. The van der Waals surface area contributed by atoms with Crippen molar-refractivity contribution in [3.05, 3.63) is 0 Å². The molecule has 0 bridgehead atoms. The lowest BCUT2D eigenvalue weighted by Gasteiger charge is -2.34. The van der Waals surface area contributed by atoms with Gasteiger partial charge in [0, 0.05) is 31.8 Å². The van der Waals surface area contributed by atoms with Gasteiger partial charge in [-0.3, -0.25) is 4.90 Å². The summed E-state index contributed by atoms with van der Waals surface area (Å²) >= 11 is 0. The van der Waals surface area contributed by atoms with E-state index in [1.165, 1.54) is 25.7 Å². The van der Waals surface area contributed by atoms with E-state index in [2.05, 4.69) is 17.1 Å². The van der Waals surface area contributed by atoms with Crippen molar-refractivity contribution in [3.63, 3.8) is 0 Å². The molecule has 1 saturated carbocycles. The van der Waals surface area contributed by atoms with Crippen LogP contribution in [0.2, 0.25) is 0 Å². The van der Waals surface area contributed by atoms with Crippen LogP contribution in [-0.2, 0) is 4.74 Å². The number of likely N-dealkylation sites (tertiary alicyclic amines) is 1. The van der Waals surface area contributed by atoms with Crippen LogP contribution < -0.4 is 5.32 Å². The van der Waals surface area contributed by atoms with Gasteiger partial charge in [-0.2, -0.15) is 0 Å². The van der Waals surface area contributed by atoms with Gasteiger partial charge in [0.2, 0.25) is 0 Å². The summed E-state index contributed by atoms with van der Waals surface area (Å²) in [4.78, 5) is 2.43. The van der Waals surface area contributed by atoms with Crippen LogP contribution in [0.5, 0.6) is 0 Å². The summed E-state index contributed by atoms with van der Waals surface area (Å²) in [7, 11) is 0. The summed E-state index contributed by atoms with van der Waals surface area (Å²) in [5.74, 6) is 0. The summed E-state index contributed by atoms with van der Waals surface area (Å²) in [6.45, 7) is 6.23. The number of nitrogens with zero attached hydrogens (tertiary/aromatic N) is 1. The van der Waals surface area contributed by atoms with Gasteiger partial charge in [0.15, 0.2) is 0 Å².